The van der Waals surface area contributed by atoms with Gasteiger partial charge in [0, 0.05) is 23.5 Å². The largest absolute Gasteiger partial charge is 0.496 e. The molecule has 0 aliphatic rings. The first-order chi connectivity index (χ1) is 12.8. The molecule has 1 aromatic carbocycles. The fourth-order valence-electron chi connectivity index (χ4n) is 3.40. The van der Waals surface area contributed by atoms with Gasteiger partial charge >= 0.3 is 5.97 Å². The zero-order valence-corrected chi connectivity index (χ0v) is 16.3. The number of methoxy groups -OCH3 is 2. The second-order valence-corrected chi connectivity index (χ2v) is 6.31. The van der Waals surface area contributed by atoms with Gasteiger partial charge in [-0.3, -0.25) is 9.59 Å². The van der Waals surface area contributed by atoms with Crippen molar-refractivity contribution < 1.29 is 19.1 Å². The average molecular weight is 370 g/mol. The molecule has 0 bridgehead atoms. The monoisotopic (exact) mass is 370 g/mol. The summed E-state index contributed by atoms with van der Waals surface area (Å²) < 4.78 is 12.1. The van der Waals surface area contributed by atoms with Crippen LogP contribution < -0.4 is 10.5 Å². The van der Waals surface area contributed by atoms with Gasteiger partial charge in [0.1, 0.15) is 5.75 Å². The second-order valence-electron chi connectivity index (χ2n) is 6.31. The van der Waals surface area contributed by atoms with Crippen LogP contribution in [0.4, 0.5) is 0 Å². The molecule has 0 radical (unpaired) electrons. The number of carbonyl (C=O) groups excluding carboxylic acids is 2. The van der Waals surface area contributed by atoms with Gasteiger partial charge in [-0.1, -0.05) is 12.1 Å². The van der Waals surface area contributed by atoms with Gasteiger partial charge in [-0.05, 0) is 43.5 Å². The highest BCUT2D eigenvalue weighted by Gasteiger charge is 2.25. The van der Waals surface area contributed by atoms with E-state index in [-0.39, 0.29) is 12.4 Å². The molecule has 0 unspecified atom stereocenters. The van der Waals surface area contributed by atoms with Gasteiger partial charge in [0.2, 0.25) is 0 Å². The quantitative estimate of drug-likeness (QED) is 0.571. The Bertz CT molecular complexity index is 881. The summed E-state index contributed by atoms with van der Waals surface area (Å²) in [5.74, 6) is -0.0488. The van der Waals surface area contributed by atoms with E-state index < -0.39 is 5.91 Å². The number of rotatable bonds is 8. The minimum absolute atomic E-state index is 0.206. The van der Waals surface area contributed by atoms with Crippen LogP contribution in [0, 0.1) is 13.8 Å². The Kier molecular flexibility index (Phi) is 6.45. The van der Waals surface area contributed by atoms with Crippen molar-refractivity contribution in [2.24, 2.45) is 5.73 Å². The number of allylic oxidation sites excluding steroid dienone is 1. The SMILES string of the molecule is C=CCn1c(C)c(C(N)=O)c(-c2ccc(OC)c(C)c2)c1CCC(=O)OC. The third-order valence-corrected chi connectivity index (χ3v) is 4.67. The summed E-state index contributed by atoms with van der Waals surface area (Å²) in [6.07, 6.45) is 2.38. The number of carbonyl (C=O) groups is 2. The lowest BCUT2D eigenvalue weighted by molar-refractivity contribution is -0.140. The topological polar surface area (TPSA) is 83.5 Å². The van der Waals surface area contributed by atoms with Crippen LogP contribution >= 0.6 is 0 Å². The van der Waals surface area contributed by atoms with Gasteiger partial charge in [-0.2, -0.15) is 0 Å². The van der Waals surface area contributed by atoms with Crippen molar-refractivity contribution in [2.45, 2.75) is 33.2 Å². The molecule has 1 heterocycles. The first kappa shape index (κ1) is 20.3. The average Bonchev–Trinajstić information content (AvgIpc) is 2.92. The number of ether oxygens (including phenoxy) is 2. The summed E-state index contributed by atoms with van der Waals surface area (Å²) in [6, 6.07) is 5.71. The number of amides is 1. The van der Waals surface area contributed by atoms with Crippen molar-refractivity contribution in [1.82, 2.24) is 4.57 Å². The van der Waals surface area contributed by atoms with Crippen molar-refractivity contribution in [3.8, 4) is 16.9 Å². The van der Waals surface area contributed by atoms with Crippen molar-refractivity contribution in [3.05, 3.63) is 53.4 Å². The van der Waals surface area contributed by atoms with Crippen molar-refractivity contribution in [3.63, 3.8) is 0 Å². The maximum absolute atomic E-state index is 12.3. The minimum atomic E-state index is -0.502. The molecule has 6 heteroatoms. The fourth-order valence-corrected chi connectivity index (χ4v) is 3.40. The minimum Gasteiger partial charge on any atom is -0.496 e. The fraction of sp³-hybridized carbons (Fsp3) is 0.333. The van der Waals surface area contributed by atoms with E-state index in [2.05, 4.69) is 6.58 Å². The van der Waals surface area contributed by atoms with Crippen LogP contribution in [0.3, 0.4) is 0 Å². The van der Waals surface area contributed by atoms with E-state index in [0.717, 1.165) is 33.8 Å². The summed E-state index contributed by atoms with van der Waals surface area (Å²) in [7, 11) is 2.97. The Balaban J connectivity index is 2.73. The maximum atomic E-state index is 12.3. The van der Waals surface area contributed by atoms with Gasteiger partial charge in [-0.15, -0.1) is 6.58 Å². The van der Waals surface area contributed by atoms with E-state index >= 15 is 0 Å². The van der Waals surface area contributed by atoms with Gasteiger partial charge in [0.25, 0.3) is 5.91 Å². The molecule has 0 saturated heterocycles. The summed E-state index contributed by atoms with van der Waals surface area (Å²) in [5, 5.41) is 0. The third kappa shape index (κ3) is 4.05. The van der Waals surface area contributed by atoms with E-state index in [1.165, 1.54) is 7.11 Å². The first-order valence-electron chi connectivity index (χ1n) is 8.70. The van der Waals surface area contributed by atoms with Gasteiger partial charge < -0.3 is 19.8 Å². The van der Waals surface area contributed by atoms with Crippen molar-refractivity contribution in [2.75, 3.05) is 14.2 Å². The van der Waals surface area contributed by atoms with Crippen LogP contribution in [0.15, 0.2) is 30.9 Å². The Labute approximate surface area is 159 Å². The molecule has 144 valence electrons. The molecule has 0 saturated carbocycles. The summed E-state index contributed by atoms with van der Waals surface area (Å²) in [5.41, 5.74) is 10.3. The molecule has 6 nitrogen and oxygen atoms in total. The first-order valence-corrected chi connectivity index (χ1v) is 8.70. The number of nitrogens with two attached hydrogens (primary N) is 1. The molecule has 2 aromatic rings. The Morgan fingerprint density at radius 2 is 1.96 bits per heavy atom. The molecule has 0 fully saturated rings. The maximum Gasteiger partial charge on any atom is 0.305 e. The number of aromatic nitrogens is 1. The van der Waals surface area contributed by atoms with Crippen LogP contribution in [-0.4, -0.2) is 30.7 Å². The van der Waals surface area contributed by atoms with E-state index in [0.29, 0.717) is 18.5 Å². The second kappa shape index (κ2) is 8.58. The van der Waals surface area contributed by atoms with Crippen LogP contribution in [0.2, 0.25) is 0 Å². The Hall–Kier alpha value is -3.02. The van der Waals surface area contributed by atoms with E-state index in [1.54, 1.807) is 13.2 Å². The van der Waals surface area contributed by atoms with Crippen LogP contribution in [0.5, 0.6) is 5.75 Å². The molecular formula is C21H26N2O4. The highest BCUT2D eigenvalue weighted by Crippen LogP contribution is 2.35. The molecule has 2 N–H and O–H groups in total. The number of nitrogens with zero attached hydrogens (tertiary/aromatic N) is 1. The molecule has 0 spiro atoms. The van der Waals surface area contributed by atoms with Crippen LogP contribution in [-0.2, 0) is 22.5 Å². The third-order valence-electron chi connectivity index (χ3n) is 4.67. The molecule has 0 aliphatic carbocycles. The smallest absolute Gasteiger partial charge is 0.305 e. The number of primary amides is 1. The number of benzene rings is 1. The summed E-state index contributed by atoms with van der Waals surface area (Å²) in [6.45, 7) is 8.10. The van der Waals surface area contributed by atoms with E-state index in [4.69, 9.17) is 15.2 Å². The molecule has 0 atom stereocenters. The normalized spacial score (nSPS) is 10.5. The predicted octanol–water partition coefficient (Wildman–Crippen LogP) is 3.17. The molecule has 0 aliphatic heterocycles. The lowest BCUT2D eigenvalue weighted by Crippen LogP contribution is -2.13. The summed E-state index contributed by atoms with van der Waals surface area (Å²) in [4.78, 5) is 24.0. The number of esters is 1. The number of aryl methyl sites for hydroxylation is 1. The molecular weight excluding hydrogens is 344 g/mol. The predicted molar refractivity (Wildman–Crippen MR) is 105 cm³/mol. The van der Waals surface area contributed by atoms with E-state index in [1.807, 2.05) is 36.6 Å². The van der Waals surface area contributed by atoms with Gasteiger partial charge in [0.05, 0.1) is 26.2 Å². The Morgan fingerprint density at radius 1 is 1.26 bits per heavy atom. The molecule has 1 amide bonds. The lowest BCUT2D eigenvalue weighted by Gasteiger charge is -2.12. The number of hydrogen-bond donors (Lipinski definition) is 1. The zero-order chi connectivity index (χ0) is 20.1. The van der Waals surface area contributed by atoms with Crippen molar-refractivity contribution >= 4 is 11.9 Å². The summed E-state index contributed by atoms with van der Waals surface area (Å²) >= 11 is 0. The highest BCUT2D eigenvalue weighted by atomic mass is 16.5. The van der Waals surface area contributed by atoms with Crippen molar-refractivity contribution in [1.29, 1.82) is 0 Å². The molecule has 1 aromatic heterocycles. The molecule has 27 heavy (non-hydrogen) atoms. The van der Waals surface area contributed by atoms with E-state index in [9.17, 15) is 9.59 Å². The van der Waals surface area contributed by atoms with Crippen LogP contribution in [0.1, 0.15) is 33.7 Å². The van der Waals surface area contributed by atoms with Crippen LogP contribution in [0.25, 0.3) is 11.1 Å². The standard InChI is InChI=1S/C21H26N2O4/c1-6-11-23-14(3)19(21(22)25)20(16(23)8-10-18(24)27-5)15-7-9-17(26-4)13(2)12-15/h6-7,9,12H,1,8,10-11H2,2-5H3,(H2,22,25). The molecule has 2 rings (SSSR count). The van der Waals surface area contributed by atoms with Gasteiger partial charge in [0.15, 0.2) is 0 Å². The Morgan fingerprint density at radius 3 is 2.48 bits per heavy atom. The highest BCUT2D eigenvalue weighted by molar-refractivity contribution is 6.02. The zero-order valence-electron chi connectivity index (χ0n) is 16.3. The number of hydrogen-bond acceptors (Lipinski definition) is 4. The lowest BCUT2D eigenvalue weighted by atomic mass is 9.96. The van der Waals surface area contributed by atoms with Gasteiger partial charge in [-0.25, -0.2) is 0 Å².